The largest absolute Gasteiger partial charge is 0.462 e. The first kappa shape index (κ1) is 66.6. The summed E-state index contributed by atoms with van der Waals surface area (Å²) in [6.07, 6.45) is 75.7. The summed E-state index contributed by atoms with van der Waals surface area (Å²) in [5.74, 6) is -0.911. The molecule has 6 nitrogen and oxygen atoms in total. The number of hydrogen-bond acceptors (Lipinski definition) is 6. The van der Waals surface area contributed by atoms with Crippen LogP contribution in [0, 0.1) is 0 Å². The molecule has 0 spiro atoms. The third-order valence-electron chi connectivity index (χ3n) is 12.6. The van der Waals surface area contributed by atoms with Crippen LogP contribution in [0.3, 0.4) is 0 Å². The van der Waals surface area contributed by atoms with Crippen LogP contribution >= 0.6 is 0 Å². The second-order valence-corrected chi connectivity index (χ2v) is 19.5. The van der Waals surface area contributed by atoms with Crippen molar-refractivity contribution in [3.05, 3.63) is 85.1 Å². The van der Waals surface area contributed by atoms with Crippen molar-refractivity contribution in [3.8, 4) is 0 Å². The number of unbranched alkanes of at least 4 members (excludes halogenated alkanes) is 28. The van der Waals surface area contributed by atoms with Gasteiger partial charge in [-0.2, -0.15) is 0 Å². The predicted octanol–water partition coefficient (Wildman–Crippen LogP) is 19.9. The van der Waals surface area contributed by atoms with Gasteiger partial charge in [0.25, 0.3) is 0 Å². The Bertz CT molecular complexity index is 1350. The Labute approximate surface area is 433 Å². The fourth-order valence-electron chi connectivity index (χ4n) is 8.21. The van der Waals surface area contributed by atoms with Crippen molar-refractivity contribution >= 4 is 17.9 Å². The summed E-state index contributed by atoms with van der Waals surface area (Å²) in [5.41, 5.74) is 0. The number of allylic oxidation sites excluding steroid dienone is 14. The molecule has 402 valence electrons. The van der Waals surface area contributed by atoms with Gasteiger partial charge in [-0.25, -0.2) is 0 Å². The average molecular weight is 976 g/mol. The average Bonchev–Trinajstić information content (AvgIpc) is 3.36. The minimum Gasteiger partial charge on any atom is -0.462 e. The smallest absolute Gasteiger partial charge is 0.306 e. The molecule has 0 saturated carbocycles. The molecule has 0 heterocycles. The van der Waals surface area contributed by atoms with Gasteiger partial charge in [0.1, 0.15) is 13.2 Å². The minimum absolute atomic E-state index is 0.0885. The maximum atomic E-state index is 12.9. The first-order chi connectivity index (χ1) is 34.5. The Morgan fingerprint density at radius 1 is 0.300 bits per heavy atom. The van der Waals surface area contributed by atoms with Crippen LogP contribution in [-0.2, 0) is 28.6 Å². The summed E-state index contributed by atoms with van der Waals surface area (Å²) in [4.78, 5) is 38.2. The van der Waals surface area contributed by atoms with Gasteiger partial charge in [-0.1, -0.05) is 260 Å². The number of hydrogen-bond donors (Lipinski definition) is 0. The van der Waals surface area contributed by atoms with Gasteiger partial charge in [-0.3, -0.25) is 14.4 Å². The molecule has 0 amide bonds. The second-order valence-electron chi connectivity index (χ2n) is 19.5. The standard InChI is InChI=1S/C64H110O6/c1-4-7-10-13-16-19-22-25-27-29-31-32-33-35-36-39-42-45-48-51-54-57-63(66)69-60-61(59-68-62(65)56-53-50-47-44-41-38-24-21-18-15-12-9-6-3)70-64(67)58-55-52-49-46-43-40-37-34-30-28-26-23-20-17-14-11-8-5-2/h7,10,12,15-16,19,21,24-25,27,31-32,35-36,61H,4-6,8-9,11,13-14,17-18,20,22-23,26,28-30,33-34,37-60H2,1-3H3/b10-7-,15-12-,19-16-,24-21-,27-25-,32-31-,36-35-. The van der Waals surface area contributed by atoms with E-state index in [-0.39, 0.29) is 31.1 Å². The minimum atomic E-state index is -0.790. The van der Waals surface area contributed by atoms with E-state index in [1.165, 1.54) is 103 Å². The quantitative estimate of drug-likeness (QED) is 0.0261. The molecule has 0 saturated heterocycles. The van der Waals surface area contributed by atoms with Crippen molar-refractivity contribution < 1.29 is 28.6 Å². The molecule has 0 rings (SSSR count). The van der Waals surface area contributed by atoms with Gasteiger partial charge in [0.15, 0.2) is 6.10 Å². The van der Waals surface area contributed by atoms with Crippen LogP contribution in [0.15, 0.2) is 85.1 Å². The molecule has 0 aliphatic rings. The highest BCUT2D eigenvalue weighted by Crippen LogP contribution is 2.16. The number of rotatable bonds is 53. The molecule has 1 atom stereocenters. The topological polar surface area (TPSA) is 78.9 Å². The molecule has 6 heteroatoms. The molecule has 0 bridgehead atoms. The van der Waals surface area contributed by atoms with Crippen LogP contribution in [0.25, 0.3) is 0 Å². The Balaban J connectivity index is 4.39. The highest BCUT2D eigenvalue weighted by molar-refractivity contribution is 5.71. The Hall–Kier alpha value is -3.41. The van der Waals surface area contributed by atoms with E-state index in [4.69, 9.17) is 14.2 Å². The van der Waals surface area contributed by atoms with E-state index < -0.39 is 6.10 Å². The van der Waals surface area contributed by atoms with E-state index in [1.807, 2.05) is 0 Å². The van der Waals surface area contributed by atoms with Crippen molar-refractivity contribution in [2.45, 2.75) is 290 Å². The molecule has 0 N–H and O–H groups in total. The lowest BCUT2D eigenvalue weighted by Crippen LogP contribution is -2.30. The first-order valence-electron chi connectivity index (χ1n) is 29.6. The summed E-state index contributed by atoms with van der Waals surface area (Å²) in [5, 5.41) is 0. The molecule has 0 radical (unpaired) electrons. The summed E-state index contributed by atoms with van der Waals surface area (Å²) >= 11 is 0. The number of ether oxygens (including phenoxy) is 3. The molecule has 1 unspecified atom stereocenters. The zero-order valence-electron chi connectivity index (χ0n) is 46.0. The lowest BCUT2D eigenvalue weighted by Gasteiger charge is -2.18. The first-order valence-corrected chi connectivity index (χ1v) is 29.6. The summed E-state index contributed by atoms with van der Waals surface area (Å²) in [7, 11) is 0. The molecular formula is C64H110O6. The molecule has 0 aliphatic heterocycles. The normalized spacial score (nSPS) is 12.7. The molecule has 0 aromatic heterocycles. The SMILES string of the molecule is CC/C=C\C/C=C\C/C=C\C/C=C\C/C=C\CCCCCCCC(=O)OCC(COC(=O)CCCCCCC/C=C\C/C=C\CCC)OC(=O)CCCCCCCCCCCCCCCCCCCC. The van der Waals surface area contributed by atoms with Crippen LogP contribution in [0.1, 0.15) is 284 Å². The van der Waals surface area contributed by atoms with Crippen LogP contribution in [0.5, 0.6) is 0 Å². The third-order valence-corrected chi connectivity index (χ3v) is 12.6. The Kier molecular flexibility index (Phi) is 55.3. The fraction of sp³-hybridized carbons (Fsp3) is 0.734. The van der Waals surface area contributed by atoms with E-state index in [2.05, 4.69) is 106 Å². The molecule has 0 aliphatic carbocycles. The van der Waals surface area contributed by atoms with Gasteiger partial charge in [0.05, 0.1) is 0 Å². The lowest BCUT2D eigenvalue weighted by atomic mass is 10.0. The van der Waals surface area contributed by atoms with Gasteiger partial charge >= 0.3 is 17.9 Å². The van der Waals surface area contributed by atoms with E-state index in [9.17, 15) is 14.4 Å². The van der Waals surface area contributed by atoms with Crippen LogP contribution in [0.2, 0.25) is 0 Å². The molecule has 0 aromatic rings. The van der Waals surface area contributed by atoms with Crippen LogP contribution < -0.4 is 0 Å². The fourth-order valence-corrected chi connectivity index (χ4v) is 8.21. The molecular weight excluding hydrogens is 865 g/mol. The highest BCUT2D eigenvalue weighted by Gasteiger charge is 2.19. The van der Waals surface area contributed by atoms with E-state index in [0.717, 1.165) is 141 Å². The van der Waals surface area contributed by atoms with Gasteiger partial charge in [-0.05, 0) is 89.9 Å². The van der Waals surface area contributed by atoms with Crippen LogP contribution in [0.4, 0.5) is 0 Å². The maximum absolute atomic E-state index is 12.9. The van der Waals surface area contributed by atoms with Gasteiger partial charge in [0, 0.05) is 19.3 Å². The molecule has 0 aromatic carbocycles. The van der Waals surface area contributed by atoms with Crippen LogP contribution in [-0.4, -0.2) is 37.2 Å². The van der Waals surface area contributed by atoms with E-state index >= 15 is 0 Å². The zero-order chi connectivity index (χ0) is 50.7. The third kappa shape index (κ3) is 55.5. The number of carbonyl (C=O) groups is 3. The van der Waals surface area contributed by atoms with E-state index in [0.29, 0.717) is 19.3 Å². The summed E-state index contributed by atoms with van der Waals surface area (Å²) in [6.45, 7) is 6.46. The van der Waals surface area contributed by atoms with Gasteiger partial charge in [0.2, 0.25) is 0 Å². The Morgan fingerprint density at radius 3 is 0.929 bits per heavy atom. The van der Waals surface area contributed by atoms with Crippen molar-refractivity contribution in [2.75, 3.05) is 13.2 Å². The summed E-state index contributed by atoms with van der Waals surface area (Å²) < 4.78 is 16.9. The van der Waals surface area contributed by atoms with Gasteiger partial charge in [-0.15, -0.1) is 0 Å². The number of esters is 3. The zero-order valence-corrected chi connectivity index (χ0v) is 46.0. The van der Waals surface area contributed by atoms with Crippen molar-refractivity contribution in [3.63, 3.8) is 0 Å². The van der Waals surface area contributed by atoms with Gasteiger partial charge < -0.3 is 14.2 Å². The number of carbonyl (C=O) groups excluding carboxylic acids is 3. The second kappa shape index (κ2) is 58.2. The van der Waals surface area contributed by atoms with Crippen molar-refractivity contribution in [1.82, 2.24) is 0 Å². The molecule has 0 fully saturated rings. The van der Waals surface area contributed by atoms with Crippen molar-refractivity contribution in [1.29, 1.82) is 0 Å². The highest BCUT2D eigenvalue weighted by atomic mass is 16.6. The predicted molar refractivity (Wildman–Crippen MR) is 302 cm³/mol. The summed E-state index contributed by atoms with van der Waals surface area (Å²) in [6, 6.07) is 0. The van der Waals surface area contributed by atoms with E-state index in [1.54, 1.807) is 0 Å². The maximum Gasteiger partial charge on any atom is 0.306 e. The Morgan fingerprint density at radius 2 is 0.586 bits per heavy atom. The lowest BCUT2D eigenvalue weighted by molar-refractivity contribution is -0.167. The monoisotopic (exact) mass is 975 g/mol. The van der Waals surface area contributed by atoms with Crippen molar-refractivity contribution in [2.24, 2.45) is 0 Å². The molecule has 70 heavy (non-hydrogen) atoms.